The van der Waals surface area contributed by atoms with E-state index >= 15 is 0 Å². The smallest absolute Gasteiger partial charge is 0.251 e. The molecule has 164 valence electrons. The van der Waals surface area contributed by atoms with Crippen LogP contribution in [-0.2, 0) is 14.8 Å². The number of carbonyl (C=O) groups excluding carboxylic acids is 1. The number of morpholine rings is 1. The van der Waals surface area contributed by atoms with Crippen molar-refractivity contribution in [2.75, 3.05) is 39.4 Å². The quantitative estimate of drug-likeness (QED) is 0.602. The minimum atomic E-state index is -3.81. The molecule has 9 heteroatoms. The first-order chi connectivity index (χ1) is 14.9. The van der Waals surface area contributed by atoms with Crippen molar-refractivity contribution in [2.24, 2.45) is 0 Å². The van der Waals surface area contributed by atoms with Gasteiger partial charge in [0, 0.05) is 25.2 Å². The Morgan fingerprint density at radius 1 is 1.19 bits per heavy atom. The molecule has 0 radical (unpaired) electrons. The molecule has 2 aromatic rings. The molecule has 1 amide bonds. The van der Waals surface area contributed by atoms with E-state index in [1.165, 1.54) is 36.4 Å². The second kappa shape index (κ2) is 10.5. The summed E-state index contributed by atoms with van der Waals surface area (Å²) in [6.07, 6.45) is 5.10. The standard InChI is InChI=1S/C22H24FN3O4S/c1-2-9-25-31(28,29)20-8-4-6-18(15-20)22(27)24-16-21(26-10-12-30-13-11-26)17-5-3-7-19(23)14-17/h1,3-8,14-15,21,25H,9-13,16H2,(H,24,27). The number of terminal acetylenes is 1. The van der Waals surface area contributed by atoms with Crippen LogP contribution in [0.25, 0.3) is 0 Å². The number of hydrogen-bond donors (Lipinski definition) is 2. The third kappa shape index (κ3) is 6.12. The second-order valence-corrected chi connectivity index (χ2v) is 8.75. The fourth-order valence-electron chi connectivity index (χ4n) is 3.38. The zero-order valence-corrected chi connectivity index (χ0v) is 17.7. The van der Waals surface area contributed by atoms with E-state index in [2.05, 4.69) is 20.9 Å². The minimum absolute atomic E-state index is 0.0507. The van der Waals surface area contributed by atoms with Crippen molar-refractivity contribution < 1.29 is 22.3 Å². The first-order valence-electron chi connectivity index (χ1n) is 9.79. The van der Waals surface area contributed by atoms with Crippen molar-refractivity contribution >= 4 is 15.9 Å². The molecule has 0 spiro atoms. The Hall–Kier alpha value is -2.77. The predicted molar refractivity (Wildman–Crippen MR) is 114 cm³/mol. The predicted octanol–water partition coefficient (Wildman–Crippen LogP) is 1.54. The Morgan fingerprint density at radius 3 is 2.65 bits per heavy atom. The van der Waals surface area contributed by atoms with Crippen LogP contribution in [0.5, 0.6) is 0 Å². The maximum atomic E-state index is 13.8. The molecule has 1 aliphatic rings. The Kier molecular flexibility index (Phi) is 7.76. The van der Waals surface area contributed by atoms with Gasteiger partial charge in [0.2, 0.25) is 10.0 Å². The Bertz CT molecular complexity index is 1060. The van der Waals surface area contributed by atoms with Crippen molar-refractivity contribution in [1.82, 2.24) is 14.9 Å². The SMILES string of the molecule is C#CCNS(=O)(=O)c1cccc(C(=O)NCC(c2cccc(F)c2)N2CCOCC2)c1. The summed E-state index contributed by atoms with van der Waals surface area (Å²) in [6.45, 7) is 2.52. The minimum Gasteiger partial charge on any atom is -0.379 e. The molecule has 0 bridgehead atoms. The van der Waals surface area contributed by atoms with Crippen molar-refractivity contribution in [3.63, 3.8) is 0 Å². The number of sulfonamides is 1. The third-order valence-electron chi connectivity index (χ3n) is 4.95. The number of nitrogens with zero attached hydrogens (tertiary/aromatic N) is 1. The number of ether oxygens (including phenoxy) is 1. The van der Waals surface area contributed by atoms with Crippen molar-refractivity contribution in [3.8, 4) is 12.3 Å². The van der Waals surface area contributed by atoms with Crippen LogP contribution in [0.4, 0.5) is 4.39 Å². The van der Waals surface area contributed by atoms with Crippen LogP contribution in [0.3, 0.4) is 0 Å². The zero-order chi connectivity index (χ0) is 22.3. The summed E-state index contributed by atoms with van der Waals surface area (Å²) in [5.41, 5.74) is 0.945. The molecule has 3 rings (SSSR count). The number of rotatable bonds is 8. The number of benzene rings is 2. The molecule has 1 saturated heterocycles. The molecule has 1 aliphatic heterocycles. The molecular formula is C22H24FN3O4S. The topological polar surface area (TPSA) is 87.7 Å². The molecule has 0 aromatic heterocycles. The fraction of sp³-hybridized carbons (Fsp3) is 0.318. The Balaban J connectivity index is 1.75. The van der Waals surface area contributed by atoms with Gasteiger partial charge in [-0.15, -0.1) is 6.42 Å². The van der Waals surface area contributed by atoms with Crippen LogP contribution in [0.2, 0.25) is 0 Å². The first-order valence-corrected chi connectivity index (χ1v) is 11.3. The molecule has 0 saturated carbocycles. The van der Waals surface area contributed by atoms with Crippen LogP contribution in [0.15, 0.2) is 53.4 Å². The highest BCUT2D eigenvalue weighted by molar-refractivity contribution is 7.89. The number of carbonyl (C=O) groups is 1. The van der Waals surface area contributed by atoms with Gasteiger partial charge in [0.15, 0.2) is 0 Å². The van der Waals surface area contributed by atoms with Gasteiger partial charge in [-0.3, -0.25) is 9.69 Å². The summed E-state index contributed by atoms with van der Waals surface area (Å²) in [5, 5.41) is 2.84. The van der Waals surface area contributed by atoms with E-state index in [0.29, 0.717) is 26.3 Å². The van der Waals surface area contributed by atoms with Crippen molar-refractivity contribution in [1.29, 1.82) is 0 Å². The van der Waals surface area contributed by atoms with Gasteiger partial charge in [0.05, 0.1) is 30.7 Å². The molecular weight excluding hydrogens is 421 g/mol. The zero-order valence-electron chi connectivity index (χ0n) is 16.9. The van der Waals surface area contributed by atoms with Gasteiger partial charge in [-0.05, 0) is 35.9 Å². The summed E-state index contributed by atoms with van der Waals surface area (Å²) in [5.74, 6) is 1.43. The van der Waals surface area contributed by atoms with Crippen LogP contribution in [0.1, 0.15) is 22.0 Å². The lowest BCUT2D eigenvalue weighted by atomic mass is 10.0. The van der Waals surface area contributed by atoms with Gasteiger partial charge < -0.3 is 10.1 Å². The van der Waals surface area contributed by atoms with E-state index in [1.54, 1.807) is 6.07 Å². The highest BCUT2D eigenvalue weighted by atomic mass is 32.2. The highest BCUT2D eigenvalue weighted by Gasteiger charge is 2.24. The normalized spacial score (nSPS) is 15.7. The van der Waals surface area contributed by atoms with Crippen LogP contribution >= 0.6 is 0 Å². The van der Waals surface area contributed by atoms with Gasteiger partial charge >= 0.3 is 0 Å². The molecule has 0 aliphatic carbocycles. The average Bonchev–Trinajstić information content (AvgIpc) is 2.78. The summed E-state index contributed by atoms with van der Waals surface area (Å²) in [7, 11) is -3.81. The summed E-state index contributed by atoms with van der Waals surface area (Å²) >= 11 is 0. The number of halogens is 1. The lowest BCUT2D eigenvalue weighted by molar-refractivity contribution is 0.0162. The number of nitrogens with one attached hydrogen (secondary N) is 2. The van der Waals surface area contributed by atoms with E-state index in [9.17, 15) is 17.6 Å². The van der Waals surface area contributed by atoms with Gasteiger partial charge in [0.1, 0.15) is 5.82 Å². The lowest BCUT2D eigenvalue weighted by Crippen LogP contribution is -2.43. The Morgan fingerprint density at radius 2 is 1.94 bits per heavy atom. The summed E-state index contributed by atoms with van der Waals surface area (Å²) in [4.78, 5) is 14.8. The van der Waals surface area contributed by atoms with E-state index < -0.39 is 15.9 Å². The fourth-order valence-corrected chi connectivity index (χ4v) is 4.36. The van der Waals surface area contributed by atoms with E-state index in [-0.39, 0.29) is 35.4 Å². The molecule has 1 fully saturated rings. The largest absolute Gasteiger partial charge is 0.379 e. The molecule has 1 atom stereocenters. The first kappa shape index (κ1) is 22.9. The van der Waals surface area contributed by atoms with Gasteiger partial charge in [-0.25, -0.2) is 12.8 Å². The number of amides is 1. The maximum absolute atomic E-state index is 13.8. The van der Waals surface area contributed by atoms with Gasteiger partial charge in [0.25, 0.3) is 5.91 Å². The molecule has 1 heterocycles. The van der Waals surface area contributed by atoms with Gasteiger partial charge in [-0.1, -0.05) is 24.1 Å². The van der Waals surface area contributed by atoms with E-state index in [4.69, 9.17) is 11.2 Å². The summed E-state index contributed by atoms with van der Waals surface area (Å²) < 4.78 is 46.0. The molecule has 2 N–H and O–H groups in total. The second-order valence-electron chi connectivity index (χ2n) is 6.99. The Labute approximate surface area is 181 Å². The van der Waals surface area contributed by atoms with Crippen molar-refractivity contribution in [3.05, 3.63) is 65.5 Å². The average molecular weight is 446 g/mol. The third-order valence-corrected chi connectivity index (χ3v) is 6.35. The van der Waals surface area contributed by atoms with Crippen LogP contribution in [-0.4, -0.2) is 58.6 Å². The molecule has 1 unspecified atom stereocenters. The van der Waals surface area contributed by atoms with Crippen LogP contribution in [0, 0.1) is 18.2 Å². The maximum Gasteiger partial charge on any atom is 0.251 e. The monoisotopic (exact) mass is 445 g/mol. The summed E-state index contributed by atoms with van der Waals surface area (Å²) in [6, 6.07) is 11.7. The molecule has 7 nitrogen and oxygen atoms in total. The van der Waals surface area contributed by atoms with Crippen LogP contribution < -0.4 is 10.0 Å². The van der Waals surface area contributed by atoms with E-state index in [0.717, 1.165) is 5.56 Å². The number of hydrogen-bond acceptors (Lipinski definition) is 5. The molecule has 2 aromatic carbocycles. The highest BCUT2D eigenvalue weighted by Crippen LogP contribution is 2.22. The van der Waals surface area contributed by atoms with E-state index in [1.807, 2.05) is 6.07 Å². The van der Waals surface area contributed by atoms with Gasteiger partial charge in [-0.2, -0.15) is 4.72 Å². The molecule has 31 heavy (non-hydrogen) atoms. The lowest BCUT2D eigenvalue weighted by Gasteiger charge is -2.35. The van der Waals surface area contributed by atoms with Crippen molar-refractivity contribution in [2.45, 2.75) is 10.9 Å².